The molecule has 10 heteroatoms. The van der Waals surface area contributed by atoms with Crippen molar-refractivity contribution in [1.82, 2.24) is 10.3 Å². The zero-order valence-corrected chi connectivity index (χ0v) is 16.2. The third-order valence-corrected chi connectivity index (χ3v) is 4.11. The lowest BCUT2D eigenvalue weighted by Crippen LogP contribution is -2.33. The lowest BCUT2D eigenvalue weighted by Gasteiger charge is -2.22. The van der Waals surface area contributed by atoms with Crippen molar-refractivity contribution in [2.24, 2.45) is 0 Å². The third-order valence-electron chi connectivity index (χ3n) is 4.11. The smallest absolute Gasteiger partial charge is 0.407 e. The van der Waals surface area contributed by atoms with E-state index in [1.54, 1.807) is 37.8 Å². The maximum atomic E-state index is 11.6. The molecule has 0 radical (unpaired) electrons. The van der Waals surface area contributed by atoms with E-state index in [-0.39, 0.29) is 18.6 Å². The number of rotatable bonds is 5. The SMILES string of the molecule is CC(C)(C)OC(=O)NCCCC1CN(c2ccc3c(n2)NC(=O)CO3)[C@@H](O)O1. The van der Waals surface area contributed by atoms with Crippen LogP contribution in [-0.4, -0.2) is 59.9 Å². The molecule has 0 spiro atoms. The normalized spacial score (nSPS) is 21.6. The number of carbonyl (C=O) groups is 2. The molecule has 0 aromatic carbocycles. The number of aromatic nitrogens is 1. The Labute approximate surface area is 163 Å². The second-order valence-electron chi connectivity index (χ2n) is 7.66. The molecule has 1 saturated heterocycles. The molecule has 1 aromatic rings. The minimum atomic E-state index is -1.13. The van der Waals surface area contributed by atoms with Crippen LogP contribution in [0.4, 0.5) is 16.4 Å². The molecule has 28 heavy (non-hydrogen) atoms. The Bertz CT molecular complexity index is 735. The van der Waals surface area contributed by atoms with E-state index >= 15 is 0 Å². The van der Waals surface area contributed by atoms with Crippen LogP contribution in [0.15, 0.2) is 12.1 Å². The molecule has 2 aliphatic rings. The van der Waals surface area contributed by atoms with E-state index in [0.717, 1.165) is 0 Å². The molecule has 0 bridgehead atoms. The van der Waals surface area contributed by atoms with Crippen LogP contribution < -0.4 is 20.3 Å². The van der Waals surface area contributed by atoms with E-state index in [0.29, 0.717) is 43.3 Å². The number of ether oxygens (including phenoxy) is 3. The highest BCUT2D eigenvalue weighted by Crippen LogP contribution is 2.31. The molecule has 10 nitrogen and oxygen atoms in total. The highest BCUT2D eigenvalue weighted by molar-refractivity contribution is 5.94. The van der Waals surface area contributed by atoms with Gasteiger partial charge < -0.3 is 34.9 Å². The van der Waals surface area contributed by atoms with Crippen LogP contribution in [0.25, 0.3) is 0 Å². The summed E-state index contributed by atoms with van der Waals surface area (Å²) in [6.07, 6.45) is -0.474. The molecule has 3 N–H and O–H groups in total. The summed E-state index contributed by atoms with van der Waals surface area (Å²) in [6.45, 7) is 6.27. The van der Waals surface area contributed by atoms with Crippen LogP contribution >= 0.6 is 0 Å². The highest BCUT2D eigenvalue weighted by atomic mass is 16.6. The molecule has 1 fully saturated rings. The van der Waals surface area contributed by atoms with Gasteiger partial charge in [-0.2, -0.15) is 0 Å². The van der Waals surface area contributed by atoms with Gasteiger partial charge in [0, 0.05) is 6.54 Å². The van der Waals surface area contributed by atoms with E-state index in [2.05, 4.69) is 15.6 Å². The fraction of sp³-hybridized carbons (Fsp3) is 0.611. The first kappa shape index (κ1) is 20.2. The Hall–Kier alpha value is -2.59. The van der Waals surface area contributed by atoms with E-state index in [1.807, 2.05) is 0 Å². The molecule has 1 unspecified atom stereocenters. The second-order valence-corrected chi connectivity index (χ2v) is 7.66. The van der Waals surface area contributed by atoms with Gasteiger partial charge in [0.25, 0.3) is 5.91 Å². The number of nitrogens with one attached hydrogen (secondary N) is 2. The summed E-state index contributed by atoms with van der Waals surface area (Å²) in [4.78, 5) is 29.0. The second kappa shape index (κ2) is 8.19. The average molecular weight is 394 g/mol. The topological polar surface area (TPSA) is 122 Å². The largest absolute Gasteiger partial charge is 0.480 e. The van der Waals surface area contributed by atoms with Gasteiger partial charge in [0.05, 0.1) is 12.6 Å². The van der Waals surface area contributed by atoms with E-state index in [1.165, 1.54) is 0 Å². The summed E-state index contributed by atoms with van der Waals surface area (Å²) >= 11 is 0. The van der Waals surface area contributed by atoms with Crippen molar-refractivity contribution >= 4 is 23.6 Å². The predicted molar refractivity (Wildman–Crippen MR) is 100 cm³/mol. The summed E-state index contributed by atoms with van der Waals surface area (Å²) in [7, 11) is 0. The van der Waals surface area contributed by atoms with Gasteiger partial charge in [-0.1, -0.05) is 0 Å². The van der Waals surface area contributed by atoms with Crippen LogP contribution in [0.2, 0.25) is 0 Å². The zero-order chi connectivity index (χ0) is 20.3. The van der Waals surface area contributed by atoms with Crippen LogP contribution in [0.5, 0.6) is 5.75 Å². The first-order valence-electron chi connectivity index (χ1n) is 9.22. The number of carbonyl (C=O) groups excluding carboxylic acids is 2. The van der Waals surface area contributed by atoms with Gasteiger partial charge in [-0.3, -0.25) is 4.79 Å². The van der Waals surface area contributed by atoms with Crippen LogP contribution in [0.1, 0.15) is 33.6 Å². The molecule has 0 saturated carbocycles. The fourth-order valence-corrected chi connectivity index (χ4v) is 2.91. The van der Waals surface area contributed by atoms with Crippen molar-refractivity contribution in [3.05, 3.63) is 12.1 Å². The number of hydrogen-bond acceptors (Lipinski definition) is 8. The molecule has 1 aromatic heterocycles. The number of amides is 2. The molecule has 2 aliphatic heterocycles. The summed E-state index contributed by atoms with van der Waals surface area (Å²) in [6, 6.07) is 3.40. The standard InChI is InChI=1S/C18H26N4O6/c1-18(2,3)28-16(24)19-8-4-5-11-9-22(17(25)27-11)13-7-6-12-15(20-13)21-14(23)10-26-12/h6-7,11,17,25H,4-5,8-10H2,1-3H3,(H,19,24)(H,20,21,23)/t11?,17-/m0/s1. The summed E-state index contributed by atoms with van der Waals surface area (Å²) in [5.41, 5.74) is -0.532. The average Bonchev–Trinajstić information content (AvgIpc) is 2.97. The van der Waals surface area contributed by atoms with Gasteiger partial charge in [-0.05, 0) is 45.7 Å². The monoisotopic (exact) mass is 394 g/mol. The quantitative estimate of drug-likeness (QED) is 0.637. The maximum Gasteiger partial charge on any atom is 0.407 e. The number of fused-ring (bicyclic) bond motifs is 1. The number of alkyl carbamates (subject to hydrolysis) is 1. The lowest BCUT2D eigenvalue weighted by atomic mass is 10.2. The van der Waals surface area contributed by atoms with Gasteiger partial charge in [0.2, 0.25) is 6.41 Å². The number of pyridine rings is 1. The Morgan fingerprint density at radius 3 is 3.00 bits per heavy atom. The van der Waals surface area contributed by atoms with E-state index in [4.69, 9.17) is 14.2 Å². The Kier molecular flexibility index (Phi) is 5.90. The van der Waals surface area contributed by atoms with Gasteiger partial charge in [-0.15, -0.1) is 0 Å². The minimum Gasteiger partial charge on any atom is -0.480 e. The molecule has 2 atom stereocenters. The van der Waals surface area contributed by atoms with Gasteiger partial charge in [-0.25, -0.2) is 9.78 Å². The summed E-state index contributed by atoms with van der Waals surface area (Å²) in [5.74, 6) is 1.02. The predicted octanol–water partition coefficient (Wildman–Crippen LogP) is 1.20. The number of nitrogens with zero attached hydrogens (tertiary/aromatic N) is 2. The molecule has 2 amide bonds. The molecule has 3 rings (SSSR count). The van der Waals surface area contributed by atoms with Crippen LogP contribution in [0, 0.1) is 0 Å². The molecular weight excluding hydrogens is 368 g/mol. The number of hydrogen-bond donors (Lipinski definition) is 3. The molecule has 0 aliphatic carbocycles. The molecule has 3 heterocycles. The summed E-state index contributed by atoms with van der Waals surface area (Å²) < 4.78 is 16.0. The van der Waals surface area contributed by atoms with Crippen molar-refractivity contribution in [3.8, 4) is 5.75 Å². The van der Waals surface area contributed by atoms with E-state index < -0.39 is 18.1 Å². The number of aliphatic hydroxyl groups is 1. The Balaban J connectivity index is 1.48. The zero-order valence-electron chi connectivity index (χ0n) is 16.2. The summed E-state index contributed by atoms with van der Waals surface area (Å²) in [5, 5.41) is 15.5. The van der Waals surface area contributed by atoms with Crippen molar-refractivity contribution in [3.63, 3.8) is 0 Å². The van der Waals surface area contributed by atoms with Gasteiger partial charge in [0.15, 0.2) is 18.2 Å². The fourth-order valence-electron chi connectivity index (χ4n) is 2.91. The van der Waals surface area contributed by atoms with E-state index in [9.17, 15) is 14.7 Å². The van der Waals surface area contributed by atoms with Crippen LogP contribution in [-0.2, 0) is 14.3 Å². The highest BCUT2D eigenvalue weighted by Gasteiger charge is 2.33. The maximum absolute atomic E-state index is 11.6. The van der Waals surface area contributed by atoms with Crippen molar-refractivity contribution in [1.29, 1.82) is 0 Å². The first-order valence-corrected chi connectivity index (χ1v) is 9.22. The molecule has 154 valence electrons. The minimum absolute atomic E-state index is 0.0388. The van der Waals surface area contributed by atoms with Crippen molar-refractivity contribution in [2.45, 2.75) is 51.7 Å². The first-order chi connectivity index (χ1) is 13.2. The number of anilines is 2. The Morgan fingerprint density at radius 1 is 1.46 bits per heavy atom. The third kappa shape index (κ3) is 5.23. The lowest BCUT2D eigenvalue weighted by molar-refractivity contribution is -0.118. The van der Waals surface area contributed by atoms with Crippen molar-refractivity contribution in [2.75, 3.05) is 29.9 Å². The number of aliphatic hydroxyl groups excluding tert-OH is 1. The van der Waals surface area contributed by atoms with Crippen LogP contribution in [0.3, 0.4) is 0 Å². The Morgan fingerprint density at radius 2 is 2.25 bits per heavy atom. The van der Waals surface area contributed by atoms with Gasteiger partial charge in [0.1, 0.15) is 11.4 Å². The molecular formula is C18H26N4O6. The van der Waals surface area contributed by atoms with Gasteiger partial charge >= 0.3 is 6.09 Å². The van der Waals surface area contributed by atoms with Crippen molar-refractivity contribution < 1.29 is 28.9 Å².